The van der Waals surface area contributed by atoms with Crippen LogP contribution in [-0.4, -0.2) is 12.6 Å². The van der Waals surface area contributed by atoms with E-state index in [-0.39, 0.29) is 5.76 Å². The molecule has 1 aromatic heterocycles. The van der Waals surface area contributed by atoms with Gasteiger partial charge in [-0.05, 0) is 12.1 Å². The Hall–Kier alpha value is -1.90. The molecule has 3 nitrogen and oxygen atoms in total. The maximum Gasteiger partial charge on any atom is 0.185 e. The first-order chi connectivity index (χ1) is 6.35. The molecule has 1 heterocycles. The van der Waals surface area contributed by atoms with Crippen molar-refractivity contribution in [1.29, 1.82) is 0 Å². The van der Waals surface area contributed by atoms with E-state index in [4.69, 9.17) is 4.42 Å². The van der Waals surface area contributed by atoms with Gasteiger partial charge in [0.25, 0.3) is 0 Å². The van der Waals surface area contributed by atoms with Crippen molar-refractivity contribution in [3.05, 3.63) is 35.6 Å². The summed E-state index contributed by atoms with van der Waals surface area (Å²) >= 11 is 0. The number of carbonyl (C=O) groups is 2. The van der Waals surface area contributed by atoms with Gasteiger partial charge in [-0.25, -0.2) is 0 Å². The van der Waals surface area contributed by atoms with Gasteiger partial charge in [0.1, 0.15) is 5.58 Å². The quantitative estimate of drug-likeness (QED) is 0.654. The van der Waals surface area contributed by atoms with Gasteiger partial charge in [-0.3, -0.25) is 9.59 Å². The molecule has 0 amide bonds. The van der Waals surface area contributed by atoms with Gasteiger partial charge in [0.15, 0.2) is 18.3 Å². The summed E-state index contributed by atoms with van der Waals surface area (Å²) in [6.07, 6.45) is 1.33. The predicted octanol–water partition coefficient (Wildman–Crippen LogP) is 2.06. The number of carbonyl (C=O) groups excluding carboxylic acids is 2. The van der Waals surface area contributed by atoms with Gasteiger partial charge in [0, 0.05) is 5.39 Å². The molecule has 2 rings (SSSR count). The molecule has 2 aromatic rings. The zero-order valence-corrected chi connectivity index (χ0v) is 6.69. The molecule has 3 heteroatoms. The van der Waals surface area contributed by atoms with E-state index in [1.807, 2.05) is 0 Å². The van der Waals surface area contributed by atoms with Gasteiger partial charge in [0.2, 0.25) is 0 Å². The highest BCUT2D eigenvalue weighted by atomic mass is 16.3. The highest BCUT2D eigenvalue weighted by Gasteiger charge is 2.05. The lowest BCUT2D eigenvalue weighted by atomic mass is 10.2. The van der Waals surface area contributed by atoms with Crippen LogP contribution >= 0.6 is 0 Å². The summed E-state index contributed by atoms with van der Waals surface area (Å²) in [6.45, 7) is 0. The molecular formula is C10H6O3. The fourth-order valence-corrected chi connectivity index (χ4v) is 1.26. The van der Waals surface area contributed by atoms with Crippen molar-refractivity contribution >= 4 is 23.5 Å². The Balaban J connectivity index is 2.81. The molecule has 0 bridgehead atoms. The number of benzene rings is 1. The van der Waals surface area contributed by atoms with Gasteiger partial charge in [-0.2, -0.15) is 0 Å². The van der Waals surface area contributed by atoms with Crippen molar-refractivity contribution in [3.63, 3.8) is 0 Å². The van der Waals surface area contributed by atoms with Crippen LogP contribution in [-0.2, 0) is 0 Å². The normalized spacial score (nSPS) is 10.2. The molecule has 0 spiro atoms. The highest BCUT2D eigenvalue weighted by molar-refractivity contribution is 5.96. The van der Waals surface area contributed by atoms with Crippen LogP contribution < -0.4 is 0 Å². The Kier molecular flexibility index (Phi) is 1.70. The summed E-state index contributed by atoms with van der Waals surface area (Å²) in [5.74, 6) is 0.240. The van der Waals surface area contributed by atoms with E-state index in [0.29, 0.717) is 23.7 Å². The molecule has 0 fully saturated rings. The topological polar surface area (TPSA) is 47.3 Å². The first-order valence-electron chi connectivity index (χ1n) is 3.78. The van der Waals surface area contributed by atoms with Crippen molar-refractivity contribution < 1.29 is 14.0 Å². The second-order valence-electron chi connectivity index (χ2n) is 2.65. The third-order valence-corrected chi connectivity index (χ3v) is 1.84. The number of rotatable bonds is 2. The minimum absolute atomic E-state index is 0.240. The maximum absolute atomic E-state index is 10.6. The third kappa shape index (κ3) is 1.14. The van der Waals surface area contributed by atoms with Crippen LogP contribution in [0.3, 0.4) is 0 Å². The summed E-state index contributed by atoms with van der Waals surface area (Å²) in [5.41, 5.74) is 0.935. The number of aldehydes is 2. The van der Waals surface area contributed by atoms with Crippen molar-refractivity contribution in [2.45, 2.75) is 0 Å². The molecule has 0 radical (unpaired) electrons. The molecule has 0 aliphatic rings. The van der Waals surface area contributed by atoms with Crippen molar-refractivity contribution in [3.8, 4) is 0 Å². The molecule has 0 unspecified atom stereocenters. The van der Waals surface area contributed by atoms with Crippen LogP contribution in [0.5, 0.6) is 0 Å². The molecule has 1 aromatic carbocycles. The van der Waals surface area contributed by atoms with Crippen LogP contribution in [0.15, 0.2) is 28.7 Å². The number of hydrogen-bond acceptors (Lipinski definition) is 3. The summed E-state index contributed by atoms with van der Waals surface area (Å²) in [5, 5.41) is 0.770. The number of furan rings is 1. The van der Waals surface area contributed by atoms with Gasteiger partial charge in [0.05, 0.1) is 5.56 Å². The van der Waals surface area contributed by atoms with E-state index < -0.39 is 0 Å². The fourth-order valence-electron chi connectivity index (χ4n) is 1.26. The smallest absolute Gasteiger partial charge is 0.185 e. The van der Waals surface area contributed by atoms with E-state index in [2.05, 4.69) is 0 Å². The fraction of sp³-hybridized carbons (Fsp3) is 0. The third-order valence-electron chi connectivity index (χ3n) is 1.84. The van der Waals surface area contributed by atoms with E-state index in [9.17, 15) is 9.59 Å². The molecule has 0 aliphatic carbocycles. The summed E-state index contributed by atoms with van der Waals surface area (Å²) in [7, 11) is 0. The van der Waals surface area contributed by atoms with Crippen LogP contribution in [0.1, 0.15) is 20.9 Å². The molecule has 0 atom stereocenters. The SMILES string of the molecule is O=Cc1cc2cccc(C=O)c2o1. The van der Waals surface area contributed by atoms with Gasteiger partial charge in [-0.15, -0.1) is 0 Å². The summed E-state index contributed by atoms with van der Waals surface area (Å²) in [4.78, 5) is 21.0. The van der Waals surface area contributed by atoms with E-state index in [0.717, 1.165) is 5.39 Å². The Morgan fingerprint density at radius 2 is 2.00 bits per heavy atom. The summed E-state index contributed by atoms with van der Waals surface area (Å²) in [6, 6.07) is 6.79. The van der Waals surface area contributed by atoms with Crippen LogP contribution in [0, 0.1) is 0 Å². The predicted molar refractivity (Wildman–Crippen MR) is 47.0 cm³/mol. The largest absolute Gasteiger partial charge is 0.453 e. The van der Waals surface area contributed by atoms with Crippen LogP contribution in [0.25, 0.3) is 11.0 Å². The summed E-state index contributed by atoms with van der Waals surface area (Å²) < 4.78 is 5.14. The maximum atomic E-state index is 10.6. The van der Waals surface area contributed by atoms with Gasteiger partial charge in [-0.1, -0.05) is 12.1 Å². The van der Waals surface area contributed by atoms with E-state index in [1.54, 1.807) is 24.3 Å². The van der Waals surface area contributed by atoms with E-state index >= 15 is 0 Å². The Morgan fingerprint density at radius 3 is 2.69 bits per heavy atom. The van der Waals surface area contributed by atoms with Gasteiger partial charge < -0.3 is 4.42 Å². The van der Waals surface area contributed by atoms with Crippen LogP contribution in [0.2, 0.25) is 0 Å². The second kappa shape index (κ2) is 2.86. The average Bonchev–Trinajstić information content (AvgIpc) is 2.59. The minimum atomic E-state index is 0.240. The minimum Gasteiger partial charge on any atom is -0.453 e. The molecule has 13 heavy (non-hydrogen) atoms. The number of fused-ring (bicyclic) bond motifs is 1. The molecule has 64 valence electrons. The Morgan fingerprint density at radius 1 is 1.15 bits per heavy atom. The van der Waals surface area contributed by atoms with Crippen molar-refractivity contribution in [1.82, 2.24) is 0 Å². The van der Waals surface area contributed by atoms with Gasteiger partial charge >= 0.3 is 0 Å². The number of para-hydroxylation sites is 1. The molecular weight excluding hydrogens is 168 g/mol. The molecule has 0 aliphatic heterocycles. The molecule has 0 N–H and O–H groups in total. The second-order valence-corrected chi connectivity index (χ2v) is 2.65. The monoisotopic (exact) mass is 174 g/mol. The Labute approximate surface area is 74.0 Å². The highest BCUT2D eigenvalue weighted by Crippen LogP contribution is 2.20. The lowest BCUT2D eigenvalue weighted by molar-refractivity contribution is 0.109. The average molecular weight is 174 g/mol. The first-order valence-corrected chi connectivity index (χ1v) is 3.78. The lowest BCUT2D eigenvalue weighted by Gasteiger charge is -1.89. The zero-order chi connectivity index (χ0) is 9.26. The standard InChI is InChI=1S/C10H6O3/c11-5-8-3-1-2-7-4-9(6-12)13-10(7)8/h1-6H. The Bertz CT molecular complexity index is 468. The van der Waals surface area contributed by atoms with Crippen molar-refractivity contribution in [2.75, 3.05) is 0 Å². The zero-order valence-electron chi connectivity index (χ0n) is 6.69. The lowest BCUT2D eigenvalue weighted by Crippen LogP contribution is -1.77. The number of hydrogen-bond donors (Lipinski definition) is 0. The molecule has 0 saturated heterocycles. The van der Waals surface area contributed by atoms with Crippen molar-refractivity contribution in [2.24, 2.45) is 0 Å². The van der Waals surface area contributed by atoms with Crippen LogP contribution in [0.4, 0.5) is 0 Å². The first kappa shape index (κ1) is 7.73. The van der Waals surface area contributed by atoms with E-state index in [1.165, 1.54) is 0 Å². The molecule has 0 saturated carbocycles.